The van der Waals surface area contributed by atoms with Crippen LogP contribution in [0.2, 0.25) is 0 Å². The fraction of sp³-hybridized carbons (Fsp3) is 0.583. The second-order valence-electron chi connectivity index (χ2n) is 4.63. The van der Waals surface area contributed by atoms with Crippen molar-refractivity contribution in [3.63, 3.8) is 0 Å². The quantitative estimate of drug-likeness (QED) is 0.627. The lowest BCUT2D eigenvalue weighted by molar-refractivity contribution is 0.126. The van der Waals surface area contributed by atoms with Crippen molar-refractivity contribution < 1.29 is 9.66 Å². The van der Waals surface area contributed by atoms with E-state index in [1.165, 1.54) is 12.5 Å². The molecular weight excluding hydrogens is 264 g/mol. The summed E-state index contributed by atoms with van der Waals surface area (Å²) in [4.78, 5) is 8.21. The molecule has 7 heteroatoms. The summed E-state index contributed by atoms with van der Waals surface area (Å²) in [6.07, 6.45) is 5.91. The van der Waals surface area contributed by atoms with Crippen molar-refractivity contribution in [1.29, 1.82) is 5.26 Å². The summed E-state index contributed by atoms with van der Waals surface area (Å²) in [6.45, 7) is 0. The van der Waals surface area contributed by atoms with Gasteiger partial charge in [-0.25, -0.2) is 4.98 Å². The van der Waals surface area contributed by atoms with Crippen LogP contribution in [0.4, 0.5) is 5.95 Å². The Labute approximate surface area is 115 Å². The third kappa shape index (κ3) is 3.56. The Balaban J connectivity index is 2.09. The second-order valence-corrected chi connectivity index (χ2v) is 5.92. The smallest absolute Gasteiger partial charge is 0.267 e. The van der Waals surface area contributed by atoms with Gasteiger partial charge in [-0.1, -0.05) is 0 Å². The highest BCUT2D eigenvalue weighted by molar-refractivity contribution is 7.90. The maximum Gasteiger partial charge on any atom is 0.267 e. The second kappa shape index (κ2) is 6.19. The summed E-state index contributed by atoms with van der Waals surface area (Å²) in [5.74, 6) is 0.394. The maximum absolute atomic E-state index is 11.5. The number of nitrogens with one attached hydrogen (secondary N) is 1. The van der Waals surface area contributed by atoms with Crippen molar-refractivity contribution in [2.75, 3.05) is 11.6 Å². The summed E-state index contributed by atoms with van der Waals surface area (Å²) in [7, 11) is 0. The molecule has 1 aliphatic rings. The molecule has 0 amide bonds. The predicted octanol–water partition coefficient (Wildman–Crippen LogP) is 0.801. The highest BCUT2D eigenvalue weighted by atomic mass is 32.2. The van der Waals surface area contributed by atoms with Gasteiger partial charge >= 0.3 is 0 Å². The molecule has 1 atom stereocenters. The average Bonchev–Trinajstić information content (AvgIpc) is 2.41. The van der Waals surface area contributed by atoms with Gasteiger partial charge in [-0.05, 0) is 25.7 Å². The van der Waals surface area contributed by atoms with Crippen LogP contribution in [0.1, 0.15) is 31.2 Å². The molecule has 1 unspecified atom stereocenters. The van der Waals surface area contributed by atoms with Gasteiger partial charge in [0.15, 0.2) is 0 Å². The largest absolute Gasteiger partial charge is 0.610 e. The molecule has 1 heterocycles. The Morgan fingerprint density at radius 2 is 2.16 bits per heavy atom. The van der Waals surface area contributed by atoms with Gasteiger partial charge in [-0.2, -0.15) is 10.2 Å². The zero-order chi connectivity index (χ0) is 13.8. The monoisotopic (exact) mass is 280 g/mol. The highest BCUT2D eigenvalue weighted by Crippen LogP contribution is 2.21. The molecule has 1 aliphatic carbocycles. The van der Waals surface area contributed by atoms with Crippen molar-refractivity contribution in [3.05, 3.63) is 11.8 Å². The predicted molar refractivity (Wildman–Crippen MR) is 71.0 cm³/mol. The number of aromatic nitrogens is 2. The van der Waals surface area contributed by atoms with Gasteiger partial charge in [-0.15, -0.1) is 0 Å². The van der Waals surface area contributed by atoms with Gasteiger partial charge in [0.1, 0.15) is 17.9 Å². The summed E-state index contributed by atoms with van der Waals surface area (Å²) in [5, 5.41) is 21.8. The third-order valence-electron chi connectivity index (χ3n) is 3.18. The van der Waals surface area contributed by atoms with Gasteiger partial charge in [0.05, 0.1) is 12.3 Å². The van der Waals surface area contributed by atoms with E-state index in [0.717, 1.165) is 25.7 Å². The molecule has 0 spiro atoms. The molecule has 0 aromatic carbocycles. The van der Waals surface area contributed by atoms with E-state index >= 15 is 0 Å². The van der Waals surface area contributed by atoms with E-state index < -0.39 is 11.2 Å². The van der Waals surface area contributed by atoms with Gasteiger partial charge < -0.3 is 15.0 Å². The first-order chi connectivity index (χ1) is 9.10. The number of rotatable bonds is 3. The van der Waals surface area contributed by atoms with Crippen LogP contribution < -0.4 is 5.32 Å². The SMILES string of the molecule is C[S+]([O-])c1nc(N[C@H]2CC[C@H](O)CC2)ncc1C#N. The number of hydrogen-bond donors (Lipinski definition) is 2. The molecule has 0 bridgehead atoms. The van der Waals surface area contributed by atoms with Crippen molar-refractivity contribution in [3.8, 4) is 6.07 Å². The molecule has 1 aromatic heterocycles. The first-order valence-electron chi connectivity index (χ1n) is 6.15. The van der Waals surface area contributed by atoms with E-state index in [1.54, 1.807) is 0 Å². The van der Waals surface area contributed by atoms with E-state index in [0.29, 0.717) is 5.95 Å². The lowest BCUT2D eigenvalue weighted by Gasteiger charge is -2.26. The van der Waals surface area contributed by atoms with Crippen LogP contribution in [-0.2, 0) is 11.2 Å². The highest BCUT2D eigenvalue weighted by Gasteiger charge is 2.21. The Morgan fingerprint density at radius 1 is 1.47 bits per heavy atom. The van der Waals surface area contributed by atoms with Crippen LogP contribution in [-0.4, -0.2) is 38.0 Å². The Hall–Kier alpha value is -1.36. The summed E-state index contributed by atoms with van der Waals surface area (Å²) < 4.78 is 11.5. The van der Waals surface area contributed by atoms with Crippen LogP contribution in [0.25, 0.3) is 0 Å². The van der Waals surface area contributed by atoms with E-state index in [1.807, 2.05) is 6.07 Å². The lowest BCUT2D eigenvalue weighted by atomic mass is 9.93. The van der Waals surface area contributed by atoms with Crippen molar-refractivity contribution in [1.82, 2.24) is 9.97 Å². The van der Waals surface area contributed by atoms with Crippen LogP contribution in [0, 0.1) is 11.3 Å². The van der Waals surface area contributed by atoms with Gasteiger partial charge in [0.25, 0.3) is 5.03 Å². The molecule has 2 N–H and O–H groups in total. The molecule has 1 saturated carbocycles. The normalized spacial score (nSPS) is 24.5. The summed E-state index contributed by atoms with van der Waals surface area (Å²) >= 11 is -1.32. The molecule has 0 saturated heterocycles. The van der Waals surface area contributed by atoms with E-state index in [4.69, 9.17) is 5.26 Å². The number of aliphatic hydroxyl groups excluding tert-OH is 1. The minimum absolute atomic E-state index is 0.210. The number of hydrogen-bond acceptors (Lipinski definition) is 6. The summed E-state index contributed by atoms with van der Waals surface area (Å²) in [6, 6.07) is 2.15. The minimum Gasteiger partial charge on any atom is -0.610 e. The Bertz CT molecular complexity index is 481. The Kier molecular flexibility index (Phi) is 4.58. The molecule has 2 rings (SSSR count). The zero-order valence-electron chi connectivity index (χ0n) is 10.7. The fourth-order valence-electron chi connectivity index (χ4n) is 2.13. The molecule has 1 aromatic rings. The molecule has 0 radical (unpaired) electrons. The Morgan fingerprint density at radius 3 is 2.74 bits per heavy atom. The van der Waals surface area contributed by atoms with Crippen molar-refractivity contribution in [2.45, 2.75) is 42.9 Å². The zero-order valence-corrected chi connectivity index (χ0v) is 11.5. The van der Waals surface area contributed by atoms with Crippen molar-refractivity contribution in [2.24, 2.45) is 0 Å². The number of nitriles is 1. The third-order valence-corrected chi connectivity index (χ3v) is 4.03. The molecule has 102 valence electrons. The van der Waals surface area contributed by atoms with Crippen LogP contribution >= 0.6 is 0 Å². The minimum atomic E-state index is -1.32. The van der Waals surface area contributed by atoms with E-state index in [9.17, 15) is 9.66 Å². The standard InChI is InChI=1S/C12H16N4O2S/c1-19(18)11-8(6-13)7-14-12(16-11)15-9-2-4-10(17)5-3-9/h7,9-10,17H,2-5H2,1H3,(H,14,15,16)/t9-,10-,19?. The van der Waals surface area contributed by atoms with Crippen LogP contribution in [0.3, 0.4) is 0 Å². The van der Waals surface area contributed by atoms with E-state index in [2.05, 4.69) is 15.3 Å². The van der Waals surface area contributed by atoms with Gasteiger partial charge in [0, 0.05) is 17.2 Å². The first kappa shape index (κ1) is 14.1. The summed E-state index contributed by atoms with van der Waals surface area (Å²) in [5.41, 5.74) is 0.241. The molecule has 6 nitrogen and oxygen atoms in total. The molecular formula is C12H16N4O2S. The molecule has 1 fully saturated rings. The fourth-order valence-corrected chi connectivity index (χ4v) is 2.76. The number of anilines is 1. The van der Waals surface area contributed by atoms with Crippen LogP contribution in [0.15, 0.2) is 11.2 Å². The van der Waals surface area contributed by atoms with E-state index in [-0.39, 0.29) is 22.7 Å². The maximum atomic E-state index is 11.5. The average molecular weight is 280 g/mol. The first-order valence-corrected chi connectivity index (χ1v) is 7.71. The number of aliphatic hydroxyl groups is 1. The van der Waals surface area contributed by atoms with Gasteiger partial charge in [0.2, 0.25) is 5.95 Å². The molecule has 0 aliphatic heterocycles. The molecule has 19 heavy (non-hydrogen) atoms. The topological polar surface area (TPSA) is 105 Å². The van der Waals surface area contributed by atoms with Crippen molar-refractivity contribution >= 4 is 17.1 Å². The van der Waals surface area contributed by atoms with Crippen LogP contribution in [0.5, 0.6) is 0 Å². The number of nitrogens with zero attached hydrogens (tertiary/aromatic N) is 3. The van der Waals surface area contributed by atoms with Gasteiger partial charge in [-0.3, -0.25) is 0 Å². The lowest BCUT2D eigenvalue weighted by Crippen LogP contribution is -2.29.